The molecule has 0 spiro atoms. The van der Waals surface area contributed by atoms with E-state index >= 15 is 0 Å². The fourth-order valence-electron chi connectivity index (χ4n) is 1.25. The van der Waals surface area contributed by atoms with Gasteiger partial charge in [0.2, 0.25) is 0 Å². The zero-order valence-electron chi connectivity index (χ0n) is 7.78. The molecule has 1 aromatic rings. The minimum Gasteiger partial charge on any atom is -0.358 e. The first-order chi connectivity index (χ1) is 6.19. The Morgan fingerprint density at radius 2 is 2.08 bits per heavy atom. The fourth-order valence-corrected chi connectivity index (χ4v) is 1.25. The zero-order chi connectivity index (χ0) is 9.84. The Balaban J connectivity index is 3.13. The lowest BCUT2D eigenvalue weighted by Gasteiger charge is -1.99. The molecule has 0 amide bonds. The van der Waals surface area contributed by atoms with E-state index in [4.69, 9.17) is 0 Å². The van der Waals surface area contributed by atoms with Gasteiger partial charge < -0.3 is 10.1 Å². The van der Waals surface area contributed by atoms with Crippen molar-refractivity contribution in [2.24, 2.45) is 0 Å². The Morgan fingerprint density at radius 3 is 2.54 bits per heavy atom. The highest BCUT2D eigenvalue weighted by molar-refractivity contribution is 5.29. The number of aryl methyl sites for hydroxylation is 2. The van der Waals surface area contributed by atoms with Gasteiger partial charge in [0, 0.05) is 12.5 Å². The summed E-state index contributed by atoms with van der Waals surface area (Å²) >= 11 is 0. The van der Waals surface area contributed by atoms with Crippen LogP contribution in [0.4, 0.5) is 5.82 Å². The summed E-state index contributed by atoms with van der Waals surface area (Å²) in [5.74, 6) is -0.0611. The van der Waals surface area contributed by atoms with E-state index in [1.54, 1.807) is 6.07 Å². The van der Waals surface area contributed by atoms with Crippen molar-refractivity contribution in [3.05, 3.63) is 33.5 Å². The summed E-state index contributed by atoms with van der Waals surface area (Å²) in [7, 11) is 0. The van der Waals surface area contributed by atoms with Gasteiger partial charge in [-0.3, -0.25) is 0 Å². The molecule has 4 nitrogen and oxygen atoms in total. The van der Waals surface area contributed by atoms with Crippen LogP contribution in [0.3, 0.4) is 0 Å². The van der Waals surface area contributed by atoms with Gasteiger partial charge in [0.15, 0.2) is 5.69 Å². The topological polar surface area (TPSA) is 56.0 Å². The van der Waals surface area contributed by atoms with Crippen LogP contribution < -0.4 is 0 Å². The predicted octanol–water partition coefficient (Wildman–Crippen LogP) is 2.11. The average molecular weight is 180 g/mol. The lowest BCUT2D eigenvalue weighted by molar-refractivity contribution is -0.389. The third-order valence-corrected chi connectivity index (χ3v) is 1.96. The summed E-state index contributed by atoms with van der Waals surface area (Å²) in [6, 6.07) is 3.24. The van der Waals surface area contributed by atoms with E-state index < -0.39 is 4.92 Å². The molecule has 0 aliphatic heterocycles. The number of rotatable bonds is 3. The summed E-state index contributed by atoms with van der Waals surface area (Å²) in [4.78, 5) is 13.9. The van der Waals surface area contributed by atoms with Crippen LogP contribution in [0.15, 0.2) is 12.1 Å². The molecule has 0 saturated carbocycles. The van der Waals surface area contributed by atoms with E-state index in [0.717, 1.165) is 24.1 Å². The van der Waals surface area contributed by atoms with E-state index in [2.05, 4.69) is 4.98 Å². The first-order valence-corrected chi connectivity index (χ1v) is 4.32. The van der Waals surface area contributed by atoms with Crippen LogP contribution in [-0.2, 0) is 12.8 Å². The van der Waals surface area contributed by atoms with Gasteiger partial charge in [-0.2, -0.15) is 0 Å². The normalized spacial score (nSPS) is 10.0. The van der Waals surface area contributed by atoms with Crippen molar-refractivity contribution in [3.63, 3.8) is 0 Å². The second-order valence-corrected chi connectivity index (χ2v) is 2.74. The summed E-state index contributed by atoms with van der Waals surface area (Å²) in [6.45, 7) is 3.97. The second-order valence-electron chi connectivity index (χ2n) is 2.74. The van der Waals surface area contributed by atoms with Crippen LogP contribution in [0.25, 0.3) is 0 Å². The first kappa shape index (κ1) is 9.64. The van der Waals surface area contributed by atoms with Crippen molar-refractivity contribution < 1.29 is 4.92 Å². The highest BCUT2D eigenvalue weighted by Gasteiger charge is 2.11. The molecule has 0 aromatic carbocycles. The van der Waals surface area contributed by atoms with Gasteiger partial charge in [-0.05, 0) is 28.0 Å². The van der Waals surface area contributed by atoms with E-state index in [9.17, 15) is 10.1 Å². The van der Waals surface area contributed by atoms with Crippen molar-refractivity contribution >= 4 is 5.82 Å². The molecule has 0 aliphatic rings. The Morgan fingerprint density at radius 1 is 1.38 bits per heavy atom. The number of hydrogen-bond donors (Lipinski definition) is 0. The van der Waals surface area contributed by atoms with Gasteiger partial charge in [-0.25, -0.2) is 0 Å². The second kappa shape index (κ2) is 3.98. The molecule has 1 rings (SSSR count). The van der Waals surface area contributed by atoms with Crippen LogP contribution >= 0.6 is 0 Å². The molecule has 70 valence electrons. The zero-order valence-corrected chi connectivity index (χ0v) is 7.78. The van der Waals surface area contributed by atoms with Crippen LogP contribution in [0.2, 0.25) is 0 Å². The lowest BCUT2D eigenvalue weighted by atomic mass is 10.1. The summed E-state index contributed by atoms with van der Waals surface area (Å²) in [5.41, 5.74) is 1.92. The van der Waals surface area contributed by atoms with Gasteiger partial charge in [0.1, 0.15) is 0 Å². The molecular formula is C9H12N2O2. The van der Waals surface area contributed by atoms with E-state index in [-0.39, 0.29) is 5.82 Å². The van der Waals surface area contributed by atoms with Crippen molar-refractivity contribution in [1.82, 2.24) is 4.98 Å². The molecule has 0 fully saturated rings. The van der Waals surface area contributed by atoms with Crippen LogP contribution in [-0.4, -0.2) is 9.91 Å². The number of aromatic nitrogens is 1. The Bertz CT molecular complexity index is 323. The maximum absolute atomic E-state index is 10.4. The molecule has 0 atom stereocenters. The van der Waals surface area contributed by atoms with Gasteiger partial charge in [-0.1, -0.05) is 13.8 Å². The number of hydrogen-bond acceptors (Lipinski definition) is 3. The molecule has 1 aromatic heterocycles. The average Bonchev–Trinajstić information content (AvgIpc) is 2.16. The highest BCUT2D eigenvalue weighted by atomic mass is 16.6. The summed E-state index contributed by atoms with van der Waals surface area (Å²) in [5, 5.41) is 10.4. The standard InChI is InChI=1S/C9H12N2O2/c1-3-7-5-6-9(11(12)13)10-8(7)4-2/h5-6H,3-4H2,1-2H3. The Labute approximate surface area is 76.8 Å². The molecule has 0 saturated heterocycles. The quantitative estimate of drug-likeness (QED) is 0.528. The molecule has 0 unspecified atom stereocenters. The number of nitro groups is 1. The number of nitrogens with zero attached hydrogens (tertiary/aromatic N) is 2. The van der Waals surface area contributed by atoms with Gasteiger partial charge in [-0.15, -0.1) is 0 Å². The SMILES string of the molecule is CCc1ccc([N+](=O)[O-])nc1CC. The minimum atomic E-state index is -0.460. The van der Waals surface area contributed by atoms with E-state index in [1.165, 1.54) is 6.07 Å². The van der Waals surface area contributed by atoms with Crippen molar-refractivity contribution in [2.45, 2.75) is 26.7 Å². The van der Waals surface area contributed by atoms with Crippen molar-refractivity contribution in [2.75, 3.05) is 0 Å². The first-order valence-electron chi connectivity index (χ1n) is 4.32. The fraction of sp³-hybridized carbons (Fsp3) is 0.444. The Kier molecular flexibility index (Phi) is 2.95. The van der Waals surface area contributed by atoms with Gasteiger partial charge in [0.05, 0.1) is 0 Å². The Hall–Kier alpha value is -1.45. The van der Waals surface area contributed by atoms with Crippen molar-refractivity contribution in [3.8, 4) is 0 Å². The molecular weight excluding hydrogens is 168 g/mol. The van der Waals surface area contributed by atoms with Crippen LogP contribution in [0.5, 0.6) is 0 Å². The third-order valence-electron chi connectivity index (χ3n) is 1.96. The lowest BCUT2D eigenvalue weighted by Crippen LogP contribution is -1.99. The molecule has 0 aliphatic carbocycles. The minimum absolute atomic E-state index is 0.0611. The molecule has 4 heteroatoms. The summed E-state index contributed by atoms with van der Waals surface area (Å²) in [6.07, 6.45) is 1.61. The molecule has 13 heavy (non-hydrogen) atoms. The maximum Gasteiger partial charge on any atom is 0.363 e. The van der Waals surface area contributed by atoms with Crippen molar-refractivity contribution in [1.29, 1.82) is 0 Å². The molecule has 0 radical (unpaired) electrons. The predicted molar refractivity (Wildman–Crippen MR) is 49.6 cm³/mol. The van der Waals surface area contributed by atoms with E-state index in [1.807, 2.05) is 13.8 Å². The van der Waals surface area contributed by atoms with Gasteiger partial charge in [0.25, 0.3) is 0 Å². The largest absolute Gasteiger partial charge is 0.363 e. The van der Waals surface area contributed by atoms with Gasteiger partial charge >= 0.3 is 5.82 Å². The van der Waals surface area contributed by atoms with E-state index in [0.29, 0.717) is 0 Å². The molecule has 0 N–H and O–H groups in total. The smallest absolute Gasteiger partial charge is 0.358 e. The maximum atomic E-state index is 10.4. The molecule has 1 heterocycles. The highest BCUT2D eigenvalue weighted by Crippen LogP contribution is 2.13. The summed E-state index contributed by atoms with van der Waals surface area (Å²) < 4.78 is 0. The monoisotopic (exact) mass is 180 g/mol. The van der Waals surface area contributed by atoms with Crippen LogP contribution in [0, 0.1) is 10.1 Å². The molecule has 0 bridgehead atoms. The van der Waals surface area contributed by atoms with Crippen LogP contribution in [0.1, 0.15) is 25.1 Å². The number of pyridine rings is 1. The third kappa shape index (κ3) is 2.02.